The molecule has 0 aromatic heterocycles. The van der Waals surface area contributed by atoms with Gasteiger partial charge in [-0.15, -0.1) is 0 Å². The van der Waals surface area contributed by atoms with E-state index in [-0.39, 0.29) is 37.8 Å². The molecule has 5 rings (SSSR count). The Kier molecular flexibility index (Phi) is 3.90. The Morgan fingerprint density at radius 2 is 1.89 bits per heavy atom. The van der Waals surface area contributed by atoms with Crippen molar-refractivity contribution in [3.63, 3.8) is 0 Å². The molecular formula is C23H22O4Se. The van der Waals surface area contributed by atoms with Gasteiger partial charge in [-0.3, -0.25) is 0 Å². The number of aliphatic hydroxyl groups is 1. The van der Waals surface area contributed by atoms with Gasteiger partial charge in [0.25, 0.3) is 0 Å². The van der Waals surface area contributed by atoms with Gasteiger partial charge < -0.3 is 0 Å². The summed E-state index contributed by atoms with van der Waals surface area (Å²) < 4.78 is 6.66. The zero-order valence-corrected chi connectivity index (χ0v) is 17.6. The van der Waals surface area contributed by atoms with E-state index in [0.717, 1.165) is 11.1 Å². The third-order valence-corrected chi connectivity index (χ3v) is 9.91. The topological polar surface area (TPSA) is 63.6 Å². The van der Waals surface area contributed by atoms with Gasteiger partial charge in [0.2, 0.25) is 0 Å². The Morgan fingerprint density at radius 1 is 1.14 bits per heavy atom. The molecule has 144 valence electrons. The van der Waals surface area contributed by atoms with Gasteiger partial charge in [0.1, 0.15) is 0 Å². The van der Waals surface area contributed by atoms with Gasteiger partial charge in [-0.1, -0.05) is 0 Å². The normalized spacial score (nSPS) is 33.0. The molecule has 1 saturated carbocycles. The van der Waals surface area contributed by atoms with Crippen molar-refractivity contribution >= 4 is 31.0 Å². The Labute approximate surface area is 170 Å². The number of Topliss-reactive ketones (excluding diaryl/α,β-unsaturated/α-hetero) is 2. The molecule has 0 heterocycles. The van der Waals surface area contributed by atoms with Crippen LogP contribution in [0, 0.1) is 5.92 Å². The number of carbonyl (C=O) groups excluding carboxylic acids is 2. The third-order valence-electron chi connectivity index (χ3n) is 6.82. The molecule has 2 aromatic rings. The van der Waals surface area contributed by atoms with E-state index in [0.29, 0.717) is 24.2 Å². The maximum absolute atomic E-state index is 13.6. The van der Waals surface area contributed by atoms with Crippen LogP contribution in [0.5, 0.6) is 5.75 Å². The van der Waals surface area contributed by atoms with E-state index < -0.39 is 16.9 Å². The number of rotatable bonds is 3. The third kappa shape index (κ3) is 2.27. The van der Waals surface area contributed by atoms with Crippen LogP contribution in [0.15, 0.2) is 42.5 Å². The number of ketones is 2. The second kappa shape index (κ2) is 6.03. The van der Waals surface area contributed by atoms with Crippen molar-refractivity contribution in [2.75, 3.05) is 7.11 Å². The molecule has 3 aliphatic carbocycles. The number of ether oxygens (including phenoxy) is 1. The Hall–Kier alpha value is -1.94. The Balaban J connectivity index is 1.66. The summed E-state index contributed by atoms with van der Waals surface area (Å²) >= 11 is 0.0128. The molecule has 0 radical (unpaired) electrons. The van der Waals surface area contributed by atoms with E-state index in [2.05, 4.69) is 12.1 Å². The number of hydrogen-bond donors (Lipinski definition) is 1. The molecule has 0 aliphatic heterocycles. The first-order valence-electron chi connectivity index (χ1n) is 9.60. The SMILES string of the molecule is COc1ccc2c3c1C(=O)C[C@@]31C[C@@H]([Se]c3ccccc3)[C@](C)(O)[C@@H](C2)C1=O. The number of fused-ring (bicyclic) bond motifs is 1. The average molecular weight is 441 g/mol. The first-order chi connectivity index (χ1) is 13.4. The van der Waals surface area contributed by atoms with Crippen molar-refractivity contribution in [2.45, 2.75) is 42.0 Å². The van der Waals surface area contributed by atoms with Crippen LogP contribution in [-0.4, -0.2) is 44.3 Å². The predicted octanol–water partition coefficient (Wildman–Crippen LogP) is 2.23. The summed E-state index contributed by atoms with van der Waals surface area (Å²) in [7, 11) is 1.57. The molecule has 0 saturated heterocycles. The van der Waals surface area contributed by atoms with Crippen LogP contribution < -0.4 is 9.20 Å². The molecule has 5 heteroatoms. The standard InChI is InChI=1S/C23H22O4Se/c1-22(26)15-10-13-8-9-17(27-2)19-16(24)11-23(20(13)19,21(15)25)12-18(22)28-14-6-4-3-5-7-14/h3-9,15,18,26H,10-12H2,1-2H3/t15-,18+,22+,23+/m0/s1. The fraction of sp³-hybridized carbons (Fsp3) is 0.391. The average Bonchev–Trinajstić information content (AvgIpc) is 2.98. The minimum atomic E-state index is -1.07. The Bertz CT molecular complexity index is 997. The van der Waals surface area contributed by atoms with E-state index in [1.165, 1.54) is 4.46 Å². The molecule has 28 heavy (non-hydrogen) atoms. The second-order valence-corrected chi connectivity index (χ2v) is 11.0. The van der Waals surface area contributed by atoms with E-state index in [4.69, 9.17) is 4.74 Å². The van der Waals surface area contributed by atoms with Crippen LogP contribution in [-0.2, 0) is 16.6 Å². The molecule has 0 unspecified atom stereocenters. The minimum absolute atomic E-state index is 0.00444. The maximum atomic E-state index is 13.6. The van der Waals surface area contributed by atoms with Crippen molar-refractivity contribution in [2.24, 2.45) is 5.92 Å². The van der Waals surface area contributed by atoms with Crippen molar-refractivity contribution in [3.8, 4) is 5.75 Å². The molecule has 4 atom stereocenters. The molecule has 1 spiro atoms. The first kappa shape index (κ1) is 18.1. The zero-order valence-electron chi connectivity index (χ0n) is 15.9. The van der Waals surface area contributed by atoms with Crippen LogP contribution in [0.2, 0.25) is 4.82 Å². The van der Waals surface area contributed by atoms with Gasteiger partial charge in [0.05, 0.1) is 0 Å². The van der Waals surface area contributed by atoms with Crippen LogP contribution in [0.3, 0.4) is 0 Å². The number of methoxy groups -OCH3 is 1. The summed E-state index contributed by atoms with van der Waals surface area (Å²) in [6.07, 6.45) is 1.24. The number of carbonyl (C=O) groups is 2. The van der Waals surface area contributed by atoms with Crippen LogP contribution in [0.1, 0.15) is 41.3 Å². The van der Waals surface area contributed by atoms with Gasteiger partial charge in [-0.2, -0.15) is 0 Å². The molecule has 1 N–H and O–H groups in total. The summed E-state index contributed by atoms with van der Waals surface area (Å²) in [6.45, 7) is 1.82. The van der Waals surface area contributed by atoms with Crippen LogP contribution in [0.4, 0.5) is 0 Å². The quantitative estimate of drug-likeness (QED) is 0.743. The molecule has 3 aliphatic rings. The van der Waals surface area contributed by atoms with E-state index >= 15 is 0 Å². The summed E-state index contributed by atoms with van der Waals surface area (Å²) in [5, 5.41) is 11.5. The molecule has 0 amide bonds. The summed E-state index contributed by atoms with van der Waals surface area (Å²) in [4.78, 5) is 26.5. The summed E-state index contributed by atoms with van der Waals surface area (Å²) in [5.41, 5.74) is 0.656. The number of benzene rings is 2. The van der Waals surface area contributed by atoms with Gasteiger partial charge in [-0.25, -0.2) is 0 Å². The fourth-order valence-electron chi connectivity index (χ4n) is 5.42. The molecule has 2 aromatic carbocycles. The molecular weight excluding hydrogens is 419 g/mol. The van der Waals surface area contributed by atoms with Gasteiger partial charge in [0.15, 0.2) is 0 Å². The van der Waals surface area contributed by atoms with Gasteiger partial charge in [-0.05, 0) is 0 Å². The van der Waals surface area contributed by atoms with Crippen molar-refractivity contribution in [3.05, 3.63) is 59.2 Å². The Morgan fingerprint density at radius 3 is 2.61 bits per heavy atom. The number of hydrogen-bond acceptors (Lipinski definition) is 4. The monoisotopic (exact) mass is 442 g/mol. The second-order valence-electron chi connectivity index (χ2n) is 8.33. The summed E-state index contributed by atoms with van der Waals surface area (Å²) in [5.74, 6) is 0.145. The molecule has 1 fully saturated rings. The molecule has 2 bridgehead atoms. The van der Waals surface area contributed by atoms with E-state index in [1.54, 1.807) is 7.11 Å². The first-order valence-corrected chi connectivity index (χ1v) is 11.4. The molecule has 4 nitrogen and oxygen atoms in total. The van der Waals surface area contributed by atoms with E-state index in [1.807, 2.05) is 37.3 Å². The fourth-order valence-corrected chi connectivity index (χ4v) is 8.38. The van der Waals surface area contributed by atoms with Gasteiger partial charge in [0, 0.05) is 0 Å². The van der Waals surface area contributed by atoms with Crippen molar-refractivity contribution in [1.82, 2.24) is 0 Å². The van der Waals surface area contributed by atoms with Crippen LogP contribution >= 0.6 is 0 Å². The van der Waals surface area contributed by atoms with Crippen LogP contribution in [0.25, 0.3) is 0 Å². The van der Waals surface area contributed by atoms with E-state index in [9.17, 15) is 14.7 Å². The van der Waals surface area contributed by atoms with Crippen molar-refractivity contribution in [1.29, 1.82) is 0 Å². The van der Waals surface area contributed by atoms with Gasteiger partial charge >= 0.3 is 170 Å². The summed E-state index contributed by atoms with van der Waals surface area (Å²) in [6, 6.07) is 14.0. The van der Waals surface area contributed by atoms with Crippen molar-refractivity contribution < 1.29 is 19.4 Å². The predicted molar refractivity (Wildman–Crippen MR) is 107 cm³/mol. The zero-order chi connectivity index (χ0) is 19.7.